The summed E-state index contributed by atoms with van der Waals surface area (Å²) in [5, 5.41) is 14.0. The number of aliphatic hydroxyl groups excluding tert-OH is 1. The zero-order valence-corrected chi connectivity index (χ0v) is 13.2. The van der Waals surface area contributed by atoms with Gasteiger partial charge in [-0.3, -0.25) is 9.80 Å². The molecule has 1 aromatic heterocycles. The van der Waals surface area contributed by atoms with E-state index in [1.54, 1.807) is 25.1 Å². The van der Waals surface area contributed by atoms with Crippen LogP contribution in [0.3, 0.4) is 0 Å². The minimum atomic E-state index is -0.804. The van der Waals surface area contributed by atoms with E-state index in [0.717, 1.165) is 26.2 Å². The summed E-state index contributed by atoms with van der Waals surface area (Å²) >= 11 is 0. The van der Waals surface area contributed by atoms with Gasteiger partial charge in [0.05, 0.1) is 12.6 Å². The summed E-state index contributed by atoms with van der Waals surface area (Å²) in [6, 6.07) is 6.38. The fourth-order valence-electron chi connectivity index (χ4n) is 2.81. The molecule has 124 valence electrons. The van der Waals surface area contributed by atoms with Crippen molar-refractivity contribution < 1.29 is 14.0 Å². The van der Waals surface area contributed by atoms with Gasteiger partial charge in [-0.1, -0.05) is 23.4 Å². The van der Waals surface area contributed by atoms with Gasteiger partial charge in [0.15, 0.2) is 5.82 Å². The van der Waals surface area contributed by atoms with Crippen molar-refractivity contribution in [3.8, 4) is 0 Å². The molecular formula is C16H21FN4O2. The third-order valence-corrected chi connectivity index (χ3v) is 4.09. The molecule has 2 aromatic rings. The quantitative estimate of drug-likeness (QED) is 0.897. The molecule has 1 saturated heterocycles. The molecule has 0 aliphatic carbocycles. The van der Waals surface area contributed by atoms with E-state index in [1.807, 2.05) is 0 Å². The highest BCUT2D eigenvalue weighted by atomic mass is 19.1. The van der Waals surface area contributed by atoms with E-state index in [0.29, 0.717) is 30.4 Å². The smallest absolute Gasteiger partial charge is 0.240 e. The zero-order valence-electron chi connectivity index (χ0n) is 13.2. The molecule has 23 heavy (non-hydrogen) atoms. The Morgan fingerprint density at radius 1 is 1.22 bits per heavy atom. The molecule has 1 aromatic carbocycles. The number of piperazine rings is 1. The first kappa shape index (κ1) is 16.0. The van der Waals surface area contributed by atoms with E-state index in [-0.39, 0.29) is 5.82 Å². The van der Waals surface area contributed by atoms with Gasteiger partial charge < -0.3 is 9.63 Å². The molecule has 1 unspecified atom stereocenters. The molecule has 0 saturated carbocycles. The van der Waals surface area contributed by atoms with Crippen LogP contribution in [0, 0.1) is 12.7 Å². The molecule has 1 fully saturated rings. The summed E-state index contributed by atoms with van der Waals surface area (Å²) in [6.45, 7) is 6.22. The van der Waals surface area contributed by atoms with Crippen molar-refractivity contribution in [1.29, 1.82) is 0 Å². The van der Waals surface area contributed by atoms with Crippen molar-refractivity contribution in [2.45, 2.75) is 19.6 Å². The number of rotatable bonds is 5. The number of benzene rings is 1. The van der Waals surface area contributed by atoms with Gasteiger partial charge in [-0.05, 0) is 13.0 Å². The lowest BCUT2D eigenvalue weighted by Gasteiger charge is -2.34. The number of hydrogen-bond donors (Lipinski definition) is 1. The third kappa shape index (κ3) is 4.13. The van der Waals surface area contributed by atoms with Gasteiger partial charge in [0.1, 0.15) is 5.82 Å². The van der Waals surface area contributed by atoms with Crippen LogP contribution in [-0.2, 0) is 6.54 Å². The highest BCUT2D eigenvalue weighted by molar-refractivity contribution is 5.20. The summed E-state index contributed by atoms with van der Waals surface area (Å²) < 4.78 is 18.8. The lowest BCUT2D eigenvalue weighted by molar-refractivity contribution is 0.0649. The fourth-order valence-corrected chi connectivity index (χ4v) is 2.81. The molecular weight excluding hydrogens is 299 g/mol. The van der Waals surface area contributed by atoms with Crippen molar-refractivity contribution in [2.75, 3.05) is 32.7 Å². The average Bonchev–Trinajstić information content (AvgIpc) is 2.95. The van der Waals surface area contributed by atoms with Crippen LogP contribution in [0.4, 0.5) is 4.39 Å². The highest BCUT2D eigenvalue weighted by Gasteiger charge is 2.22. The summed E-state index contributed by atoms with van der Waals surface area (Å²) in [6.07, 6.45) is -0.804. The minimum Gasteiger partial charge on any atom is -0.387 e. The largest absolute Gasteiger partial charge is 0.387 e. The number of halogens is 1. The minimum absolute atomic E-state index is 0.356. The van der Waals surface area contributed by atoms with Crippen molar-refractivity contribution in [3.63, 3.8) is 0 Å². The van der Waals surface area contributed by atoms with E-state index in [2.05, 4.69) is 19.9 Å². The normalized spacial score (nSPS) is 18.2. The molecule has 0 bridgehead atoms. The predicted octanol–water partition coefficient (Wildman–Crippen LogP) is 1.37. The Morgan fingerprint density at radius 3 is 2.57 bits per heavy atom. The van der Waals surface area contributed by atoms with Gasteiger partial charge >= 0.3 is 0 Å². The van der Waals surface area contributed by atoms with Crippen molar-refractivity contribution in [3.05, 3.63) is 47.4 Å². The number of aryl methyl sites for hydroxylation is 1. The van der Waals surface area contributed by atoms with Crippen LogP contribution in [0.5, 0.6) is 0 Å². The van der Waals surface area contributed by atoms with E-state index < -0.39 is 6.10 Å². The summed E-state index contributed by atoms with van der Waals surface area (Å²) in [5.74, 6) is 0.916. The molecule has 0 amide bonds. The van der Waals surface area contributed by atoms with Crippen molar-refractivity contribution in [2.24, 2.45) is 0 Å². The first-order valence-electron chi connectivity index (χ1n) is 7.78. The number of hydrogen-bond acceptors (Lipinski definition) is 6. The summed E-state index contributed by atoms with van der Waals surface area (Å²) in [4.78, 5) is 8.59. The molecule has 0 radical (unpaired) electrons. The van der Waals surface area contributed by atoms with Gasteiger partial charge in [0.25, 0.3) is 0 Å². The molecule has 6 nitrogen and oxygen atoms in total. The van der Waals surface area contributed by atoms with E-state index in [4.69, 9.17) is 4.52 Å². The van der Waals surface area contributed by atoms with Crippen LogP contribution in [-0.4, -0.2) is 57.8 Å². The second-order valence-corrected chi connectivity index (χ2v) is 5.85. The monoisotopic (exact) mass is 320 g/mol. The Hall–Kier alpha value is -1.83. The molecule has 2 heterocycles. The number of β-amino-alcohol motifs (C(OH)–C–C–N with tert-alkyl or cyclic N) is 1. The topological polar surface area (TPSA) is 65.6 Å². The number of nitrogens with zero attached hydrogens (tertiary/aromatic N) is 4. The maximum Gasteiger partial charge on any atom is 0.240 e. The van der Waals surface area contributed by atoms with E-state index in [9.17, 15) is 9.50 Å². The first-order valence-corrected chi connectivity index (χ1v) is 7.78. The van der Waals surface area contributed by atoms with Crippen LogP contribution in [0.15, 0.2) is 28.8 Å². The van der Waals surface area contributed by atoms with Crippen LogP contribution in [0.25, 0.3) is 0 Å². The maximum absolute atomic E-state index is 13.7. The van der Waals surface area contributed by atoms with E-state index in [1.165, 1.54) is 6.07 Å². The summed E-state index contributed by atoms with van der Waals surface area (Å²) in [5.41, 5.74) is 0.358. The van der Waals surface area contributed by atoms with Crippen molar-refractivity contribution >= 4 is 0 Å². The van der Waals surface area contributed by atoms with Gasteiger partial charge in [-0.25, -0.2) is 4.39 Å². The molecule has 3 rings (SSSR count). The fraction of sp³-hybridized carbons (Fsp3) is 0.500. The maximum atomic E-state index is 13.7. The van der Waals surface area contributed by atoms with Crippen LogP contribution < -0.4 is 0 Å². The molecule has 7 heteroatoms. The Labute approximate surface area is 134 Å². The standard InChI is InChI=1S/C16H21FN4O2/c1-12-18-16(23-19-12)11-21-8-6-20(7-9-21)10-15(22)13-4-2-3-5-14(13)17/h2-5,15,22H,6-11H2,1H3. The summed E-state index contributed by atoms with van der Waals surface area (Å²) in [7, 11) is 0. The Balaban J connectivity index is 1.48. The molecule has 0 spiro atoms. The van der Waals surface area contributed by atoms with Crippen LogP contribution >= 0.6 is 0 Å². The zero-order chi connectivity index (χ0) is 16.2. The second kappa shape index (κ2) is 7.16. The Morgan fingerprint density at radius 2 is 1.91 bits per heavy atom. The molecule has 1 aliphatic rings. The third-order valence-electron chi connectivity index (χ3n) is 4.09. The van der Waals surface area contributed by atoms with Gasteiger partial charge in [-0.15, -0.1) is 0 Å². The molecule has 1 aliphatic heterocycles. The lowest BCUT2D eigenvalue weighted by Crippen LogP contribution is -2.47. The highest BCUT2D eigenvalue weighted by Crippen LogP contribution is 2.18. The molecule has 1 atom stereocenters. The van der Waals surface area contributed by atoms with Crippen LogP contribution in [0.1, 0.15) is 23.4 Å². The number of aliphatic hydroxyl groups is 1. The second-order valence-electron chi connectivity index (χ2n) is 5.85. The van der Waals surface area contributed by atoms with Gasteiger partial charge in [-0.2, -0.15) is 4.98 Å². The predicted molar refractivity (Wildman–Crippen MR) is 82.1 cm³/mol. The van der Waals surface area contributed by atoms with E-state index >= 15 is 0 Å². The first-order chi connectivity index (χ1) is 11.1. The SMILES string of the molecule is Cc1noc(CN2CCN(CC(O)c3ccccc3F)CC2)n1. The van der Waals surface area contributed by atoms with Gasteiger partial charge in [0.2, 0.25) is 5.89 Å². The molecule has 1 N–H and O–H groups in total. The number of aromatic nitrogens is 2. The lowest BCUT2D eigenvalue weighted by atomic mass is 10.1. The Bertz CT molecular complexity index is 641. The van der Waals surface area contributed by atoms with Crippen LogP contribution in [0.2, 0.25) is 0 Å². The Kier molecular flexibility index (Phi) is 5.00. The van der Waals surface area contributed by atoms with Gasteiger partial charge in [0, 0.05) is 38.3 Å². The average molecular weight is 320 g/mol. The van der Waals surface area contributed by atoms with Crippen molar-refractivity contribution in [1.82, 2.24) is 19.9 Å².